The van der Waals surface area contributed by atoms with Gasteiger partial charge < -0.3 is 14.4 Å². The molecule has 0 spiro atoms. The van der Waals surface area contributed by atoms with Crippen LogP contribution in [0.25, 0.3) is 0 Å². The number of rotatable bonds is 5. The first kappa shape index (κ1) is 17.1. The maximum absolute atomic E-state index is 12.1. The van der Waals surface area contributed by atoms with E-state index in [2.05, 4.69) is 15.9 Å². The molecule has 1 heterocycles. The topological polar surface area (TPSA) is 51.5 Å². The van der Waals surface area contributed by atoms with E-state index < -0.39 is 12.1 Å². The normalized spacial score (nSPS) is 12.2. The molecule has 0 aliphatic carbocycles. The Morgan fingerprint density at radius 1 is 1.36 bits per heavy atom. The molecule has 118 valence electrons. The van der Waals surface area contributed by atoms with Gasteiger partial charge in [0.15, 0.2) is 0 Å². The quantitative estimate of drug-likeness (QED) is 0.784. The number of carbonyl (C=O) groups excluding carboxylic acids is 1. The van der Waals surface area contributed by atoms with Gasteiger partial charge in [-0.25, -0.2) is 4.79 Å². The Kier molecular flexibility index (Phi) is 5.67. The minimum absolute atomic E-state index is 0.282. The zero-order valence-electron chi connectivity index (χ0n) is 12.3. The number of aromatic nitrogens is 1. The molecular weight excluding hydrogens is 370 g/mol. The second-order valence-corrected chi connectivity index (χ2v) is 5.93. The van der Waals surface area contributed by atoms with Gasteiger partial charge in [-0.2, -0.15) is 0 Å². The number of hydrogen-bond acceptors (Lipinski definition) is 3. The lowest BCUT2D eigenvalue weighted by Gasteiger charge is -2.17. The minimum atomic E-state index is -0.942. The molecule has 0 saturated heterocycles. The fourth-order valence-electron chi connectivity index (χ4n) is 2.32. The first-order chi connectivity index (χ1) is 10.5. The van der Waals surface area contributed by atoms with E-state index in [1.807, 2.05) is 11.5 Å². The molecule has 1 N–H and O–H groups in total. The van der Waals surface area contributed by atoms with E-state index in [0.29, 0.717) is 28.4 Å². The summed E-state index contributed by atoms with van der Waals surface area (Å²) in [6.07, 6.45) is -0.942. The van der Waals surface area contributed by atoms with Crippen LogP contribution in [-0.4, -0.2) is 22.2 Å². The number of aliphatic hydroxyl groups is 1. The number of esters is 1. The van der Waals surface area contributed by atoms with Crippen molar-refractivity contribution < 1.29 is 14.6 Å². The van der Waals surface area contributed by atoms with Crippen molar-refractivity contribution in [2.24, 2.45) is 0 Å². The maximum atomic E-state index is 12.1. The number of nitrogens with zero attached hydrogens (tertiary/aromatic N) is 1. The first-order valence-corrected chi connectivity index (χ1v) is 8.16. The van der Waals surface area contributed by atoms with Crippen LogP contribution in [0.2, 0.25) is 5.02 Å². The molecule has 2 aromatic rings. The van der Waals surface area contributed by atoms with Crippen molar-refractivity contribution in [1.29, 1.82) is 0 Å². The lowest BCUT2D eigenvalue weighted by Crippen LogP contribution is -2.14. The number of benzene rings is 1. The maximum Gasteiger partial charge on any atom is 0.340 e. The summed E-state index contributed by atoms with van der Waals surface area (Å²) in [6, 6.07) is 8.57. The summed E-state index contributed by atoms with van der Waals surface area (Å²) in [5, 5.41) is 11.3. The number of ether oxygens (including phenoxy) is 1. The molecule has 2 rings (SSSR count). The molecule has 1 aromatic heterocycles. The molecule has 0 aliphatic heterocycles. The van der Waals surface area contributed by atoms with Crippen LogP contribution >= 0.6 is 27.5 Å². The van der Waals surface area contributed by atoms with E-state index in [4.69, 9.17) is 16.3 Å². The third-order valence-corrected chi connectivity index (χ3v) is 4.25. The molecule has 0 fully saturated rings. The van der Waals surface area contributed by atoms with Gasteiger partial charge >= 0.3 is 5.97 Å². The molecule has 1 atom stereocenters. The summed E-state index contributed by atoms with van der Waals surface area (Å²) in [5.41, 5.74) is 1.53. The average molecular weight is 387 g/mol. The SMILES string of the molecule is CCOC(=O)c1cc(Br)n(CC)c1C(O)c1ccc(Cl)cc1. The number of hydrogen-bond donors (Lipinski definition) is 1. The molecule has 0 radical (unpaired) electrons. The van der Waals surface area contributed by atoms with Gasteiger partial charge in [-0.1, -0.05) is 23.7 Å². The summed E-state index contributed by atoms with van der Waals surface area (Å²) in [5.74, 6) is -0.446. The second-order valence-electron chi connectivity index (χ2n) is 4.68. The van der Waals surface area contributed by atoms with E-state index in [0.717, 1.165) is 4.60 Å². The number of halogens is 2. The van der Waals surface area contributed by atoms with Crippen LogP contribution in [0.15, 0.2) is 34.9 Å². The predicted molar refractivity (Wildman–Crippen MR) is 89.3 cm³/mol. The highest BCUT2D eigenvalue weighted by Crippen LogP contribution is 2.31. The Morgan fingerprint density at radius 2 is 2.00 bits per heavy atom. The zero-order chi connectivity index (χ0) is 16.3. The van der Waals surface area contributed by atoms with Crippen molar-refractivity contribution in [2.45, 2.75) is 26.5 Å². The Balaban J connectivity index is 2.51. The van der Waals surface area contributed by atoms with Crippen LogP contribution in [0.3, 0.4) is 0 Å². The highest BCUT2D eigenvalue weighted by molar-refractivity contribution is 9.10. The van der Waals surface area contributed by atoms with Gasteiger partial charge in [-0.05, 0) is 53.5 Å². The van der Waals surface area contributed by atoms with Crippen molar-refractivity contribution in [3.05, 3.63) is 56.8 Å². The second kappa shape index (κ2) is 7.31. The molecule has 4 nitrogen and oxygen atoms in total. The zero-order valence-corrected chi connectivity index (χ0v) is 14.7. The lowest BCUT2D eigenvalue weighted by atomic mass is 10.0. The van der Waals surface area contributed by atoms with Gasteiger partial charge in [0.05, 0.1) is 22.5 Å². The van der Waals surface area contributed by atoms with E-state index in [9.17, 15) is 9.90 Å². The average Bonchev–Trinajstić information content (AvgIpc) is 2.84. The Labute approximate surface area is 142 Å². The fourth-order valence-corrected chi connectivity index (χ4v) is 3.12. The van der Waals surface area contributed by atoms with Crippen LogP contribution < -0.4 is 0 Å². The van der Waals surface area contributed by atoms with Crippen molar-refractivity contribution >= 4 is 33.5 Å². The predicted octanol–water partition coefficient (Wildman–Crippen LogP) is 4.18. The molecule has 6 heteroatoms. The highest BCUT2D eigenvalue weighted by atomic mass is 79.9. The Morgan fingerprint density at radius 3 is 2.55 bits per heavy atom. The Hall–Kier alpha value is -1.30. The molecule has 0 aliphatic rings. The summed E-state index contributed by atoms with van der Waals surface area (Å²) in [4.78, 5) is 12.1. The van der Waals surface area contributed by atoms with Gasteiger partial charge in [0.1, 0.15) is 6.10 Å². The van der Waals surface area contributed by atoms with Crippen molar-refractivity contribution in [1.82, 2.24) is 4.57 Å². The van der Waals surface area contributed by atoms with Crippen molar-refractivity contribution in [3.63, 3.8) is 0 Å². The van der Waals surface area contributed by atoms with Crippen LogP contribution in [0.5, 0.6) is 0 Å². The summed E-state index contributed by atoms with van der Waals surface area (Å²) in [7, 11) is 0. The number of carbonyl (C=O) groups is 1. The highest BCUT2D eigenvalue weighted by Gasteiger charge is 2.26. The molecule has 0 saturated carbocycles. The van der Waals surface area contributed by atoms with E-state index in [1.165, 1.54) is 0 Å². The fraction of sp³-hybridized carbons (Fsp3) is 0.312. The van der Waals surface area contributed by atoms with E-state index >= 15 is 0 Å². The van der Waals surface area contributed by atoms with Crippen LogP contribution in [-0.2, 0) is 11.3 Å². The molecule has 0 amide bonds. The largest absolute Gasteiger partial charge is 0.462 e. The van der Waals surface area contributed by atoms with Crippen molar-refractivity contribution in [3.8, 4) is 0 Å². The first-order valence-electron chi connectivity index (χ1n) is 6.99. The third-order valence-electron chi connectivity index (χ3n) is 3.34. The van der Waals surface area contributed by atoms with Gasteiger partial charge in [-0.15, -0.1) is 0 Å². The van der Waals surface area contributed by atoms with E-state index in [-0.39, 0.29) is 6.61 Å². The minimum Gasteiger partial charge on any atom is -0.462 e. The molecule has 22 heavy (non-hydrogen) atoms. The van der Waals surface area contributed by atoms with Crippen LogP contribution in [0.4, 0.5) is 0 Å². The monoisotopic (exact) mass is 385 g/mol. The summed E-state index contributed by atoms with van der Waals surface area (Å²) < 4.78 is 7.64. The van der Waals surface area contributed by atoms with E-state index in [1.54, 1.807) is 37.3 Å². The summed E-state index contributed by atoms with van der Waals surface area (Å²) >= 11 is 9.30. The van der Waals surface area contributed by atoms with Gasteiger partial charge in [0, 0.05) is 11.6 Å². The van der Waals surface area contributed by atoms with Crippen molar-refractivity contribution in [2.75, 3.05) is 6.61 Å². The van der Waals surface area contributed by atoms with Gasteiger partial charge in [-0.3, -0.25) is 0 Å². The molecule has 1 unspecified atom stereocenters. The molecular formula is C16H17BrClNO3. The number of aliphatic hydroxyl groups excluding tert-OH is 1. The summed E-state index contributed by atoms with van der Waals surface area (Å²) in [6.45, 7) is 4.58. The third kappa shape index (κ3) is 3.37. The molecule has 1 aromatic carbocycles. The van der Waals surface area contributed by atoms with Gasteiger partial charge in [0.2, 0.25) is 0 Å². The smallest absolute Gasteiger partial charge is 0.340 e. The standard InChI is InChI=1S/C16H17BrClNO3/c1-3-19-13(17)9-12(16(21)22-4-2)14(19)15(20)10-5-7-11(18)8-6-10/h5-9,15,20H,3-4H2,1-2H3. The lowest BCUT2D eigenvalue weighted by molar-refractivity contribution is 0.0520. The van der Waals surface area contributed by atoms with Crippen LogP contribution in [0, 0.1) is 0 Å². The Bertz CT molecular complexity index is 667. The molecule has 0 bridgehead atoms. The van der Waals surface area contributed by atoms with Gasteiger partial charge in [0.25, 0.3) is 0 Å². The van der Waals surface area contributed by atoms with Crippen LogP contribution in [0.1, 0.15) is 41.6 Å².